The second kappa shape index (κ2) is 26.3. The van der Waals surface area contributed by atoms with Gasteiger partial charge in [0, 0.05) is 10.4 Å². The molecule has 0 saturated heterocycles. The molecule has 0 aliphatic carbocycles. The largest absolute Gasteiger partial charge is 3.00 e. The van der Waals surface area contributed by atoms with E-state index in [1.54, 1.807) is 0 Å². The molecule has 1 N–H and O–H groups in total. The normalized spacial score (nSPS) is 10.8. The van der Waals surface area contributed by atoms with Gasteiger partial charge in [-0.1, -0.05) is 117 Å². The molecule has 0 aliphatic rings. The molecule has 0 atom stereocenters. The van der Waals surface area contributed by atoms with Crippen LogP contribution in [0, 0.1) is 0 Å². The molecule has 11 heteroatoms. The SMILES string of the molecule is CCCCCCCCCCCCCCCCCC.O=S(=O)([O-])O.O=S(=O)([O-])[O-].[Al+3]. The Kier molecular flexibility index (Phi) is 33.2. The third-order valence-electron chi connectivity index (χ3n) is 3.96. The fourth-order valence-electron chi connectivity index (χ4n) is 2.62. The van der Waals surface area contributed by atoms with Crippen molar-refractivity contribution < 1.29 is 35.0 Å². The van der Waals surface area contributed by atoms with Crippen LogP contribution in [0.25, 0.3) is 0 Å². The van der Waals surface area contributed by atoms with Crippen molar-refractivity contribution in [3.63, 3.8) is 0 Å². The molecule has 0 aliphatic heterocycles. The van der Waals surface area contributed by atoms with Gasteiger partial charge in [0.05, 0.1) is 0 Å². The molecule has 8 nitrogen and oxygen atoms in total. The molecule has 0 bridgehead atoms. The van der Waals surface area contributed by atoms with Gasteiger partial charge in [-0.15, -0.1) is 0 Å². The molecule has 0 amide bonds. The van der Waals surface area contributed by atoms with Crippen molar-refractivity contribution in [1.29, 1.82) is 0 Å². The van der Waals surface area contributed by atoms with E-state index in [1.165, 1.54) is 103 Å². The van der Waals surface area contributed by atoms with E-state index in [0.29, 0.717) is 0 Å². The maximum Gasteiger partial charge on any atom is 3.00 e. The van der Waals surface area contributed by atoms with Crippen LogP contribution in [0.3, 0.4) is 0 Å². The summed E-state index contributed by atoms with van der Waals surface area (Å²) in [5, 5.41) is 0. The maximum absolute atomic E-state index is 8.63. The Morgan fingerprint density at radius 2 is 0.621 bits per heavy atom. The van der Waals surface area contributed by atoms with Crippen LogP contribution < -0.4 is 0 Å². The van der Waals surface area contributed by atoms with Crippen molar-refractivity contribution in [3.8, 4) is 0 Å². The minimum Gasteiger partial charge on any atom is -0.759 e. The predicted molar refractivity (Wildman–Crippen MR) is 114 cm³/mol. The van der Waals surface area contributed by atoms with Crippen LogP contribution in [-0.4, -0.2) is 52.4 Å². The van der Waals surface area contributed by atoms with Crippen LogP contribution in [0.1, 0.15) is 117 Å². The van der Waals surface area contributed by atoms with E-state index in [0.717, 1.165) is 0 Å². The predicted octanol–water partition coefficient (Wildman–Crippen LogP) is 4.55. The van der Waals surface area contributed by atoms with E-state index in [1.807, 2.05) is 0 Å². The fraction of sp³-hybridized carbons (Fsp3) is 1.00. The minimum absolute atomic E-state index is 0. The molecule has 0 rings (SSSR count). The van der Waals surface area contributed by atoms with Crippen LogP contribution in [-0.2, 0) is 20.8 Å². The van der Waals surface area contributed by atoms with Crippen molar-refractivity contribution in [2.24, 2.45) is 0 Å². The van der Waals surface area contributed by atoms with Crippen molar-refractivity contribution in [1.82, 2.24) is 0 Å². The van der Waals surface area contributed by atoms with E-state index in [2.05, 4.69) is 13.8 Å². The summed E-state index contributed by atoms with van der Waals surface area (Å²) in [7, 11) is -10.1. The van der Waals surface area contributed by atoms with E-state index in [4.69, 9.17) is 35.0 Å². The van der Waals surface area contributed by atoms with Gasteiger partial charge in [-0.3, -0.25) is 13.0 Å². The summed E-state index contributed by atoms with van der Waals surface area (Å²) >= 11 is 0. The van der Waals surface area contributed by atoms with Gasteiger partial charge in [0.25, 0.3) is 0 Å². The first-order valence-electron chi connectivity index (χ1n) is 10.3. The van der Waals surface area contributed by atoms with Crippen LogP contribution in [0.4, 0.5) is 0 Å². The van der Waals surface area contributed by atoms with Crippen LogP contribution >= 0.6 is 0 Å². The Morgan fingerprint density at radius 3 is 0.724 bits per heavy atom. The third-order valence-corrected chi connectivity index (χ3v) is 3.96. The molecule has 0 heterocycles. The second-order valence-electron chi connectivity index (χ2n) is 6.79. The van der Waals surface area contributed by atoms with Gasteiger partial charge in [0.1, 0.15) is 0 Å². The number of hydrogen-bond acceptors (Lipinski definition) is 7. The van der Waals surface area contributed by atoms with Gasteiger partial charge in [-0.05, 0) is 0 Å². The second-order valence-corrected chi connectivity index (χ2v) is 8.46. The smallest absolute Gasteiger partial charge is 0.759 e. The fourth-order valence-corrected chi connectivity index (χ4v) is 2.62. The molecular formula is C18H39AlO8S2. The zero-order valence-corrected chi connectivity index (χ0v) is 20.8. The van der Waals surface area contributed by atoms with Crippen LogP contribution in [0.15, 0.2) is 0 Å². The molecule has 0 aromatic carbocycles. The monoisotopic (exact) mass is 474 g/mol. The van der Waals surface area contributed by atoms with Crippen molar-refractivity contribution >= 4 is 38.2 Å². The molecule has 0 spiro atoms. The van der Waals surface area contributed by atoms with E-state index in [9.17, 15) is 0 Å². The molecule has 29 heavy (non-hydrogen) atoms. The Labute approximate surface area is 189 Å². The molecular weight excluding hydrogens is 435 g/mol. The van der Waals surface area contributed by atoms with E-state index >= 15 is 0 Å². The van der Waals surface area contributed by atoms with Gasteiger partial charge in [-0.25, -0.2) is 8.42 Å². The Balaban J connectivity index is -0.000000235. The molecule has 174 valence electrons. The van der Waals surface area contributed by atoms with Gasteiger partial charge in [-0.2, -0.15) is 0 Å². The first kappa shape index (κ1) is 36.6. The Bertz CT molecular complexity index is 434. The Morgan fingerprint density at radius 1 is 0.517 bits per heavy atom. The first-order valence-corrected chi connectivity index (χ1v) is 13.0. The standard InChI is InChI=1S/C18H38.Al.2H2O4S/c1-3-5-7-9-11-13-15-17-18-16-14-12-10-8-6-4-2;;2*1-5(2,3)4/h3-18H2,1-2H3;;2*(H2,1,2,3,4)/q;+3;;/p-3. The van der Waals surface area contributed by atoms with E-state index < -0.39 is 20.8 Å². The molecule has 0 radical (unpaired) electrons. The van der Waals surface area contributed by atoms with Crippen molar-refractivity contribution in [2.45, 2.75) is 117 Å². The average Bonchev–Trinajstić information content (AvgIpc) is 2.52. The molecule has 0 fully saturated rings. The maximum atomic E-state index is 8.63. The molecule has 0 unspecified atom stereocenters. The van der Waals surface area contributed by atoms with Gasteiger partial charge in [0.15, 0.2) is 0 Å². The first-order chi connectivity index (χ1) is 12.9. The summed E-state index contributed by atoms with van der Waals surface area (Å²) in [6.45, 7) is 4.59. The summed E-state index contributed by atoms with van der Waals surface area (Å²) in [5.74, 6) is 0. The van der Waals surface area contributed by atoms with E-state index in [-0.39, 0.29) is 17.4 Å². The minimum atomic E-state index is -5.17. The molecule has 0 saturated carbocycles. The van der Waals surface area contributed by atoms with Gasteiger partial charge >= 0.3 is 17.4 Å². The zero-order chi connectivity index (χ0) is 22.3. The topological polar surface area (TPSA) is 158 Å². The number of hydrogen-bond donors (Lipinski definition) is 1. The van der Waals surface area contributed by atoms with Crippen LogP contribution in [0.2, 0.25) is 0 Å². The summed E-state index contributed by atoms with van der Waals surface area (Å²) < 4.78 is 66.9. The third kappa shape index (κ3) is 83.7. The summed E-state index contributed by atoms with van der Waals surface area (Å²) in [6, 6.07) is 0. The summed E-state index contributed by atoms with van der Waals surface area (Å²) in [4.78, 5) is 0. The zero-order valence-electron chi connectivity index (χ0n) is 18.0. The van der Waals surface area contributed by atoms with Crippen molar-refractivity contribution in [2.75, 3.05) is 0 Å². The average molecular weight is 475 g/mol. The van der Waals surface area contributed by atoms with Crippen molar-refractivity contribution in [3.05, 3.63) is 0 Å². The molecule has 0 aromatic heterocycles. The quantitative estimate of drug-likeness (QED) is 0.157. The van der Waals surface area contributed by atoms with Gasteiger partial charge < -0.3 is 13.7 Å². The van der Waals surface area contributed by atoms with Gasteiger partial charge in [0.2, 0.25) is 10.4 Å². The number of unbranched alkanes of at least 4 members (excludes halogenated alkanes) is 15. The summed E-state index contributed by atoms with van der Waals surface area (Å²) in [5.41, 5.74) is 0. The number of rotatable bonds is 15. The summed E-state index contributed by atoms with van der Waals surface area (Å²) in [6.07, 6.45) is 23.4. The Hall–Kier alpha value is 0.272. The van der Waals surface area contributed by atoms with Crippen LogP contribution in [0.5, 0.6) is 0 Å². The molecule has 0 aromatic rings.